The van der Waals surface area contributed by atoms with Gasteiger partial charge >= 0.3 is 0 Å². The van der Waals surface area contributed by atoms with Gasteiger partial charge in [-0.15, -0.1) is 0 Å². The van der Waals surface area contributed by atoms with Crippen LogP contribution < -0.4 is 32.4 Å². The van der Waals surface area contributed by atoms with Crippen LogP contribution in [0.3, 0.4) is 0 Å². The van der Waals surface area contributed by atoms with Crippen LogP contribution in [0.4, 0.5) is 22.7 Å². The van der Waals surface area contributed by atoms with E-state index in [0.29, 0.717) is 40.2 Å². The predicted molar refractivity (Wildman–Crippen MR) is 281 cm³/mol. The Balaban J connectivity index is 0.000000197. The zero-order chi connectivity index (χ0) is 46.1. The van der Waals surface area contributed by atoms with Gasteiger partial charge in [-0.3, -0.25) is 0 Å². The second kappa shape index (κ2) is 25.1. The van der Waals surface area contributed by atoms with Gasteiger partial charge in [0.2, 0.25) is 0 Å². The van der Waals surface area contributed by atoms with Crippen molar-refractivity contribution in [2.75, 3.05) is 22.9 Å². The van der Waals surface area contributed by atoms with Crippen LogP contribution in [0.2, 0.25) is 0 Å². The molecule has 0 saturated heterocycles. The van der Waals surface area contributed by atoms with E-state index in [1.54, 1.807) is 24.3 Å². The fraction of sp³-hybridized carbons (Fsp3) is 0.500. The lowest BCUT2D eigenvalue weighted by Gasteiger charge is -2.38. The van der Waals surface area contributed by atoms with Crippen LogP contribution in [0, 0.1) is 23.7 Å². The third-order valence-corrected chi connectivity index (χ3v) is 15.5. The van der Waals surface area contributed by atoms with E-state index in [1.807, 2.05) is 24.3 Å². The maximum atomic E-state index is 6.02. The summed E-state index contributed by atoms with van der Waals surface area (Å²) in [7, 11) is 0. The van der Waals surface area contributed by atoms with Crippen LogP contribution in [0.5, 0.6) is 23.0 Å². The van der Waals surface area contributed by atoms with Crippen molar-refractivity contribution in [3.63, 3.8) is 0 Å². The fourth-order valence-corrected chi connectivity index (χ4v) is 11.5. The number of hydrogen-bond donors (Lipinski definition) is 4. The summed E-state index contributed by atoms with van der Waals surface area (Å²) in [5.74, 6) is 8.30. The first-order valence-electron chi connectivity index (χ1n) is 26.2. The lowest BCUT2D eigenvalue weighted by atomic mass is 9.68. The second-order valence-electron chi connectivity index (χ2n) is 20.4. The third-order valence-electron chi connectivity index (χ3n) is 15.5. The molecule has 0 aromatic heterocycles. The average molecular weight is 891 g/mol. The Morgan fingerprint density at radius 2 is 0.833 bits per heavy atom. The highest BCUT2D eigenvalue weighted by molar-refractivity contribution is 5.65. The molecule has 0 spiro atoms. The van der Waals surface area contributed by atoms with Crippen molar-refractivity contribution in [1.29, 1.82) is 0 Å². The highest BCUT2D eigenvalue weighted by atomic mass is 16.5. The van der Waals surface area contributed by atoms with Gasteiger partial charge in [0.1, 0.15) is 23.0 Å². The summed E-state index contributed by atoms with van der Waals surface area (Å²) in [4.78, 5) is 0. The molecule has 0 radical (unpaired) electrons. The highest BCUT2D eigenvalue weighted by Gasteiger charge is 2.31. The minimum atomic E-state index is 0.572. The second-order valence-corrected chi connectivity index (χ2v) is 20.4. The van der Waals surface area contributed by atoms with Crippen molar-refractivity contribution in [2.45, 2.75) is 167 Å². The number of anilines is 4. The molecule has 6 heteroatoms. The summed E-state index contributed by atoms with van der Waals surface area (Å²) in [5, 5.41) is 0. The maximum Gasteiger partial charge on any atom is 0.150 e. The van der Waals surface area contributed by atoms with Crippen LogP contribution in [0.25, 0.3) is 11.1 Å². The van der Waals surface area contributed by atoms with Crippen LogP contribution in [0.1, 0.15) is 178 Å². The van der Waals surface area contributed by atoms with Crippen molar-refractivity contribution < 1.29 is 9.47 Å². The maximum absolute atomic E-state index is 6.02. The molecule has 3 fully saturated rings. The van der Waals surface area contributed by atoms with E-state index in [0.717, 1.165) is 41.1 Å². The summed E-state index contributed by atoms with van der Waals surface area (Å²) in [6, 6.07) is 36.7. The molecule has 3 saturated carbocycles. The molecule has 0 unspecified atom stereocenters. The van der Waals surface area contributed by atoms with Crippen molar-refractivity contribution in [1.82, 2.24) is 0 Å². The van der Waals surface area contributed by atoms with Gasteiger partial charge < -0.3 is 32.4 Å². The van der Waals surface area contributed by atoms with E-state index in [9.17, 15) is 0 Å². The normalized spacial score (nSPS) is 21.9. The summed E-state index contributed by atoms with van der Waals surface area (Å²) >= 11 is 0. The predicted octanol–water partition coefficient (Wildman–Crippen LogP) is 17.2. The molecule has 354 valence electrons. The number of hydrogen-bond acceptors (Lipinski definition) is 6. The molecule has 3 aliphatic rings. The number of nitrogens with two attached hydrogens (primary N) is 4. The van der Waals surface area contributed by atoms with Gasteiger partial charge in [-0.25, -0.2) is 0 Å². The minimum absolute atomic E-state index is 0.572. The molecule has 8 rings (SSSR count). The van der Waals surface area contributed by atoms with E-state index in [1.165, 1.54) is 164 Å². The van der Waals surface area contributed by atoms with Crippen LogP contribution >= 0.6 is 0 Å². The Morgan fingerprint density at radius 3 is 1.39 bits per heavy atom. The third kappa shape index (κ3) is 14.7. The van der Waals surface area contributed by atoms with E-state index >= 15 is 0 Å². The van der Waals surface area contributed by atoms with Gasteiger partial charge in [0.15, 0.2) is 0 Å². The van der Waals surface area contributed by atoms with E-state index in [4.69, 9.17) is 32.4 Å². The Bertz CT molecular complexity index is 2140. The molecule has 0 amide bonds. The van der Waals surface area contributed by atoms with Gasteiger partial charge in [-0.2, -0.15) is 0 Å². The van der Waals surface area contributed by atoms with Crippen LogP contribution in [-0.4, -0.2) is 0 Å². The highest BCUT2D eigenvalue weighted by Crippen LogP contribution is 2.45. The van der Waals surface area contributed by atoms with Crippen LogP contribution in [-0.2, 0) is 0 Å². The summed E-state index contributed by atoms with van der Waals surface area (Å²) < 4.78 is 11.9. The van der Waals surface area contributed by atoms with Gasteiger partial charge in [-0.1, -0.05) is 139 Å². The molecule has 5 aromatic rings. The minimum Gasteiger partial charge on any atom is -0.457 e. The molecule has 6 nitrogen and oxygen atoms in total. The fourth-order valence-electron chi connectivity index (χ4n) is 11.5. The zero-order valence-electron chi connectivity index (χ0n) is 40.5. The largest absolute Gasteiger partial charge is 0.457 e. The van der Waals surface area contributed by atoms with Crippen LogP contribution in [0.15, 0.2) is 109 Å². The Morgan fingerprint density at radius 1 is 0.394 bits per heavy atom. The van der Waals surface area contributed by atoms with Gasteiger partial charge in [-0.05, 0) is 171 Å². The SMILES string of the molecule is CCCCCC1CCC(C2CCC(c3ccc(Oc4ccc(N)cc4N)cc3)CC2)CC1.CCCCCCCC1CCC(c2ccc(-c3ccc(Oc4cc(N)cc(N)c4)cc3)cc2)CC1. The number of unbranched alkanes of at least 4 members (excludes halogenated alkanes) is 6. The number of nitrogen functional groups attached to an aromatic ring is 4. The zero-order valence-corrected chi connectivity index (χ0v) is 40.5. The monoisotopic (exact) mass is 891 g/mol. The van der Waals surface area contributed by atoms with Gasteiger partial charge in [0.05, 0.1) is 5.69 Å². The standard InChI is InChI=1S/C31H40N2O.C29H42N2O/c1-2-3-4-5-6-7-23-8-10-24(11-9-23)25-12-14-26(15-13-25)27-16-18-30(19-17-27)34-31-21-28(32)20-29(33)22-31;1-2-3-4-5-21-6-8-22(9-7-21)23-10-12-24(13-11-23)25-14-17-27(18-15-25)32-29-19-16-26(30)20-28(29)31/h12-24H,2-11,32-33H2,1H3;14-24H,2-13,30-31H2,1H3. The Labute approximate surface area is 398 Å². The Hall–Kier alpha value is -5.10. The lowest BCUT2D eigenvalue weighted by Crippen LogP contribution is -2.25. The lowest BCUT2D eigenvalue weighted by molar-refractivity contribution is 0.155. The summed E-state index contributed by atoms with van der Waals surface area (Å²) in [6.45, 7) is 4.60. The van der Waals surface area contributed by atoms with Gasteiger partial charge in [0.25, 0.3) is 0 Å². The molecule has 0 aliphatic heterocycles. The summed E-state index contributed by atoms with van der Waals surface area (Å²) in [5.41, 5.74) is 31.3. The quantitative estimate of drug-likeness (QED) is 0.0513. The van der Waals surface area contributed by atoms with Gasteiger partial charge in [0, 0.05) is 29.2 Å². The smallest absolute Gasteiger partial charge is 0.150 e. The van der Waals surface area contributed by atoms with Crippen molar-refractivity contribution in [2.24, 2.45) is 23.7 Å². The molecule has 66 heavy (non-hydrogen) atoms. The van der Waals surface area contributed by atoms with E-state index < -0.39 is 0 Å². The molecule has 5 aromatic carbocycles. The van der Waals surface area contributed by atoms with Crippen molar-refractivity contribution >= 4 is 22.7 Å². The topological polar surface area (TPSA) is 123 Å². The van der Waals surface area contributed by atoms with E-state index in [-0.39, 0.29) is 0 Å². The number of ether oxygens (including phenoxy) is 2. The molecule has 3 aliphatic carbocycles. The molecule has 0 heterocycles. The molecule has 0 bridgehead atoms. The summed E-state index contributed by atoms with van der Waals surface area (Å²) in [6.07, 6.45) is 31.2. The van der Waals surface area contributed by atoms with Crippen molar-refractivity contribution in [3.05, 3.63) is 120 Å². The molecule has 0 atom stereocenters. The van der Waals surface area contributed by atoms with Crippen molar-refractivity contribution in [3.8, 4) is 34.1 Å². The van der Waals surface area contributed by atoms with E-state index in [2.05, 4.69) is 74.5 Å². The molecule has 8 N–H and O–H groups in total. The average Bonchev–Trinajstić information content (AvgIpc) is 3.33. The Kier molecular flexibility index (Phi) is 18.6. The molecular weight excluding hydrogens is 809 g/mol. The first-order chi connectivity index (χ1) is 32.2. The number of benzene rings is 5. The first kappa shape index (κ1) is 48.8. The molecular formula is C60H82N4O2. The number of rotatable bonds is 18. The first-order valence-corrected chi connectivity index (χ1v) is 26.2.